The fraction of sp³-hybridized carbons (Fsp3) is 0.462. The Morgan fingerprint density at radius 1 is 1.26 bits per heavy atom. The normalized spacial score (nSPS) is 11.5. The molecule has 0 saturated heterocycles. The van der Waals surface area contributed by atoms with E-state index in [-0.39, 0.29) is 0 Å². The summed E-state index contributed by atoms with van der Waals surface area (Å²) in [7, 11) is 2.10. The molecule has 0 N–H and O–H groups in total. The van der Waals surface area contributed by atoms with Crippen LogP contribution in [0.5, 0.6) is 11.5 Å². The lowest BCUT2D eigenvalue weighted by molar-refractivity contribution is 0.354. The molecule has 19 heavy (non-hydrogen) atoms. The molecule has 1 atom stereocenters. The van der Waals surface area contributed by atoms with E-state index in [9.17, 15) is 4.21 Å². The lowest BCUT2D eigenvalue weighted by atomic mass is 10.3. The molecule has 0 aromatic heterocycles. The van der Waals surface area contributed by atoms with Crippen LogP contribution in [0.3, 0.4) is 0 Å². The summed E-state index contributed by atoms with van der Waals surface area (Å²) in [5.74, 6) is 1.83. The van der Waals surface area contributed by atoms with Crippen molar-refractivity contribution in [1.29, 1.82) is 0 Å². The number of hydrogen-bond acceptors (Lipinski definition) is 5. The fourth-order valence-corrected chi connectivity index (χ4v) is 2.80. The molecular formula is C13H17NO3S2. The zero-order valence-corrected chi connectivity index (χ0v) is 12.7. The quantitative estimate of drug-likeness (QED) is 0.421. The van der Waals surface area contributed by atoms with E-state index in [0.29, 0.717) is 23.8 Å². The van der Waals surface area contributed by atoms with Crippen LogP contribution in [0.2, 0.25) is 0 Å². The highest BCUT2D eigenvalue weighted by Gasteiger charge is 2.09. The summed E-state index contributed by atoms with van der Waals surface area (Å²) in [6, 6.07) is 5.32. The number of isothiocyanates is 1. The van der Waals surface area contributed by atoms with E-state index in [1.807, 2.05) is 0 Å². The van der Waals surface area contributed by atoms with Gasteiger partial charge in [0.05, 0.1) is 30.2 Å². The highest BCUT2D eigenvalue weighted by molar-refractivity contribution is 7.85. The van der Waals surface area contributed by atoms with Gasteiger partial charge < -0.3 is 9.47 Å². The minimum Gasteiger partial charge on any atom is -0.493 e. The molecule has 0 saturated carbocycles. The Morgan fingerprint density at radius 3 is 2.63 bits per heavy atom. The van der Waals surface area contributed by atoms with Crippen LogP contribution in [0.15, 0.2) is 28.1 Å². The molecule has 1 aromatic rings. The number of benzene rings is 1. The molecule has 0 aliphatic heterocycles. The zero-order chi connectivity index (χ0) is 14.1. The maximum atomic E-state index is 12.1. The molecule has 1 unspecified atom stereocenters. The van der Waals surface area contributed by atoms with Crippen LogP contribution >= 0.6 is 12.2 Å². The molecule has 0 aliphatic rings. The topological polar surface area (TPSA) is 47.9 Å². The van der Waals surface area contributed by atoms with Crippen molar-refractivity contribution in [3.05, 3.63) is 18.2 Å². The number of methoxy groups -OCH3 is 2. The van der Waals surface area contributed by atoms with Crippen molar-refractivity contribution in [3.63, 3.8) is 0 Å². The van der Waals surface area contributed by atoms with E-state index in [2.05, 4.69) is 22.4 Å². The molecule has 6 heteroatoms. The number of rotatable bonds is 8. The average molecular weight is 299 g/mol. The van der Waals surface area contributed by atoms with Crippen molar-refractivity contribution in [2.24, 2.45) is 4.99 Å². The summed E-state index contributed by atoms with van der Waals surface area (Å²) in [6.45, 7) is 0.645. The molecule has 0 bridgehead atoms. The third-order valence-corrected chi connectivity index (χ3v) is 4.10. The summed E-state index contributed by atoms with van der Waals surface area (Å²) < 4.78 is 22.4. The smallest absolute Gasteiger partial charge is 0.161 e. The Bertz CT molecular complexity index is 485. The number of unbranched alkanes of at least 4 members (excludes halogenated alkanes) is 1. The predicted octanol–water partition coefficient (Wildman–Crippen LogP) is 2.69. The van der Waals surface area contributed by atoms with Crippen LogP contribution in [-0.4, -0.2) is 35.9 Å². The van der Waals surface area contributed by atoms with E-state index >= 15 is 0 Å². The second-order valence-electron chi connectivity index (χ2n) is 3.75. The zero-order valence-electron chi connectivity index (χ0n) is 11.0. The molecular weight excluding hydrogens is 282 g/mol. The third kappa shape index (κ3) is 5.11. The molecule has 0 amide bonds. The second-order valence-corrected chi connectivity index (χ2v) is 5.50. The van der Waals surface area contributed by atoms with Crippen LogP contribution in [0.4, 0.5) is 0 Å². The lowest BCUT2D eigenvalue weighted by Gasteiger charge is -2.09. The molecule has 104 valence electrons. The van der Waals surface area contributed by atoms with Gasteiger partial charge in [0.1, 0.15) is 0 Å². The lowest BCUT2D eigenvalue weighted by Crippen LogP contribution is -2.00. The molecule has 0 heterocycles. The maximum Gasteiger partial charge on any atom is 0.161 e. The first-order valence-corrected chi connectivity index (χ1v) is 7.59. The summed E-state index contributed by atoms with van der Waals surface area (Å²) in [5, 5.41) is 2.32. The van der Waals surface area contributed by atoms with Crippen LogP contribution in [-0.2, 0) is 10.8 Å². The van der Waals surface area contributed by atoms with Crippen molar-refractivity contribution in [2.45, 2.75) is 17.7 Å². The van der Waals surface area contributed by atoms with Crippen molar-refractivity contribution in [1.82, 2.24) is 0 Å². The van der Waals surface area contributed by atoms with Gasteiger partial charge >= 0.3 is 0 Å². The Morgan fingerprint density at radius 2 is 2.00 bits per heavy atom. The van der Waals surface area contributed by atoms with Gasteiger partial charge in [-0.3, -0.25) is 4.21 Å². The molecule has 0 radical (unpaired) electrons. The van der Waals surface area contributed by atoms with Crippen LogP contribution in [0, 0.1) is 0 Å². The van der Waals surface area contributed by atoms with E-state index in [4.69, 9.17) is 9.47 Å². The Labute approximate surface area is 121 Å². The number of thiocarbonyl (C=S) groups is 1. The minimum atomic E-state index is -1.03. The molecule has 0 spiro atoms. The van der Waals surface area contributed by atoms with Gasteiger partial charge in [0.25, 0.3) is 0 Å². The number of nitrogens with zero attached hydrogens (tertiary/aromatic N) is 1. The highest BCUT2D eigenvalue weighted by Crippen LogP contribution is 2.28. The number of hydrogen-bond donors (Lipinski definition) is 0. The molecule has 0 fully saturated rings. The summed E-state index contributed by atoms with van der Waals surface area (Å²) in [5.41, 5.74) is 0. The van der Waals surface area contributed by atoms with E-state index < -0.39 is 10.8 Å². The van der Waals surface area contributed by atoms with Crippen LogP contribution in [0.1, 0.15) is 12.8 Å². The first kappa shape index (κ1) is 15.8. The fourth-order valence-electron chi connectivity index (χ4n) is 1.55. The summed E-state index contributed by atoms with van der Waals surface area (Å²) in [6.07, 6.45) is 1.70. The Hall–Kier alpha value is -1.23. The van der Waals surface area contributed by atoms with Gasteiger partial charge in [-0.15, -0.1) is 0 Å². The van der Waals surface area contributed by atoms with E-state index in [1.54, 1.807) is 32.4 Å². The Balaban J connectivity index is 2.59. The van der Waals surface area contributed by atoms with Crippen LogP contribution in [0.25, 0.3) is 0 Å². The number of aliphatic imine (C=N–C) groups is 1. The third-order valence-electron chi connectivity index (χ3n) is 2.53. The van der Waals surface area contributed by atoms with Crippen molar-refractivity contribution < 1.29 is 13.7 Å². The van der Waals surface area contributed by atoms with Gasteiger partial charge in [-0.1, -0.05) is 0 Å². The largest absolute Gasteiger partial charge is 0.493 e. The van der Waals surface area contributed by atoms with E-state index in [0.717, 1.165) is 17.7 Å². The maximum absolute atomic E-state index is 12.1. The minimum absolute atomic E-state index is 0.596. The summed E-state index contributed by atoms with van der Waals surface area (Å²) >= 11 is 4.48. The van der Waals surface area contributed by atoms with Gasteiger partial charge in [0.2, 0.25) is 0 Å². The van der Waals surface area contributed by atoms with Gasteiger partial charge in [-0.05, 0) is 37.2 Å². The SMILES string of the molecule is COc1ccc(S(=O)CCCCN=C=S)cc1OC. The molecule has 1 aromatic carbocycles. The van der Waals surface area contributed by atoms with Crippen molar-refractivity contribution >= 4 is 28.2 Å². The summed E-state index contributed by atoms with van der Waals surface area (Å²) in [4.78, 5) is 4.57. The van der Waals surface area contributed by atoms with Gasteiger partial charge in [0.15, 0.2) is 11.5 Å². The second kappa shape index (κ2) is 8.80. The van der Waals surface area contributed by atoms with Gasteiger partial charge in [-0.2, -0.15) is 0 Å². The van der Waals surface area contributed by atoms with E-state index in [1.165, 1.54) is 0 Å². The molecule has 1 rings (SSSR count). The predicted molar refractivity (Wildman–Crippen MR) is 79.9 cm³/mol. The first-order chi connectivity index (χ1) is 9.22. The van der Waals surface area contributed by atoms with Gasteiger partial charge in [-0.25, -0.2) is 4.99 Å². The standard InChI is InChI=1S/C13H17NO3S2/c1-16-12-6-5-11(9-13(12)17-2)19(15)8-4-3-7-14-10-18/h5-6,9H,3-4,7-8H2,1-2H3. The first-order valence-electron chi connectivity index (χ1n) is 5.87. The average Bonchev–Trinajstić information content (AvgIpc) is 2.46. The van der Waals surface area contributed by atoms with Crippen LogP contribution < -0.4 is 9.47 Å². The highest BCUT2D eigenvalue weighted by atomic mass is 32.2. The molecule has 0 aliphatic carbocycles. The van der Waals surface area contributed by atoms with Gasteiger partial charge in [0, 0.05) is 23.3 Å². The monoisotopic (exact) mass is 299 g/mol. The van der Waals surface area contributed by atoms with Crippen molar-refractivity contribution in [2.75, 3.05) is 26.5 Å². The van der Waals surface area contributed by atoms with Crippen molar-refractivity contribution in [3.8, 4) is 11.5 Å². The number of ether oxygens (including phenoxy) is 2. The molecule has 4 nitrogen and oxygen atoms in total. The Kier molecular flexibility index (Phi) is 7.33.